The van der Waals surface area contributed by atoms with Gasteiger partial charge in [0.15, 0.2) is 5.58 Å². The van der Waals surface area contributed by atoms with Gasteiger partial charge >= 0.3 is 0 Å². The van der Waals surface area contributed by atoms with Crippen LogP contribution < -0.4 is 14.8 Å². The number of anilines is 1. The molecule has 0 fully saturated rings. The smallest absolute Gasteiger partial charge is 0.272 e. The maximum absolute atomic E-state index is 12.3. The van der Waals surface area contributed by atoms with Crippen LogP contribution >= 0.6 is 11.6 Å². The Labute approximate surface area is 131 Å². The summed E-state index contributed by atoms with van der Waals surface area (Å²) in [5.41, 5.74) is 2.21. The number of amides is 1. The summed E-state index contributed by atoms with van der Waals surface area (Å²) in [5.74, 6) is 0.557. The third-order valence-electron chi connectivity index (χ3n) is 3.21. The average molecular weight is 321 g/mol. The molecule has 0 atom stereocenters. The Balaban J connectivity index is 1.91. The molecule has 0 spiro atoms. The molecule has 0 aliphatic heterocycles. The molecule has 1 aromatic carbocycles. The molecule has 7 heteroatoms. The molecule has 6 nitrogen and oxygen atoms in total. The molecular weight excluding hydrogens is 308 g/mol. The minimum Gasteiger partial charge on any atom is -0.495 e. The first kappa shape index (κ1) is 14.3. The predicted octanol–water partition coefficient (Wildman–Crippen LogP) is 3.68. The standard InChI is InChI=1S/C15H13ClN2O4/c1-20-12-6-10(13(21-2)5-8(12)16)18-15(19)11-7-14-9(17-11)3-4-22-14/h3-7,17H,1-2H3,(H,18,19). The van der Waals surface area contributed by atoms with Crippen LogP contribution in [0.3, 0.4) is 0 Å². The number of aromatic nitrogens is 1. The highest BCUT2D eigenvalue weighted by atomic mass is 35.5. The van der Waals surface area contributed by atoms with Crippen LogP contribution in [-0.2, 0) is 0 Å². The van der Waals surface area contributed by atoms with Crippen molar-refractivity contribution in [2.45, 2.75) is 0 Å². The van der Waals surface area contributed by atoms with Gasteiger partial charge in [0, 0.05) is 24.3 Å². The van der Waals surface area contributed by atoms with Crippen LogP contribution in [0.1, 0.15) is 10.5 Å². The molecule has 0 unspecified atom stereocenters. The van der Waals surface area contributed by atoms with Gasteiger partial charge in [0.05, 0.1) is 36.7 Å². The normalized spacial score (nSPS) is 10.7. The van der Waals surface area contributed by atoms with Crippen LogP contribution in [0.15, 0.2) is 34.9 Å². The van der Waals surface area contributed by atoms with E-state index in [-0.39, 0.29) is 5.91 Å². The Morgan fingerprint density at radius 2 is 2.00 bits per heavy atom. The number of halogens is 1. The second-order valence-electron chi connectivity index (χ2n) is 4.52. The van der Waals surface area contributed by atoms with E-state index in [1.807, 2.05) is 0 Å². The molecule has 2 N–H and O–H groups in total. The molecular formula is C15H13ClN2O4. The minimum absolute atomic E-state index is 0.325. The van der Waals surface area contributed by atoms with E-state index in [2.05, 4.69) is 10.3 Å². The first-order valence-electron chi connectivity index (χ1n) is 6.41. The third kappa shape index (κ3) is 2.48. The van der Waals surface area contributed by atoms with Gasteiger partial charge in [-0.05, 0) is 0 Å². The van der Waals surface area contributed by atoms with E-state index in [0.717, 1.165) is 5.52 Å². The van der Waals surface area contributed by atoms with E-state index in [0.29, 0.717) is 33.5 Å². The van der Waals surface area contributed by atoms with Crippen LogP contribution in [0.25, 0.3) is 11.1 Å². The van der Waals surface area contributed by atoms with Gasteiger partial charge < -0.3 is 24.2 Å². The van der Waals surface area contributed by atoms with Crippen LogP contribution in [0.4, 0.5) is 5.69 Å². The average Bonchev–Trinajstić information content (AvgIpc) is 3.09. The second kappa shape index (κ2) is 5.65. The maximum Gasteiger partial charge on any atom is 0.272 e. The number of nitrogens with one attached hydrogen (secondary N) is 2. The molecule has 0 aliphatic carbocycles. The summed E-state index contributed by atoms with van der Waals surface area (Å²) < 4.78 is 15.6. The summed E-state index contributed by atoms with van der Waals surface area (Å²) in [6.45, 7) is 0. The molecule has 0 bridgehead atoms. The summed E-state index contributed by atoms with van der Waals surface area (Å²) in [4.78, 5) is 15.3. The van der Waals surface area contributed by atoms with E-state index in [4.69, 9.17) is 25.5 Å². The summed E-state index contributed by atoms with van der Waals surface area (Å²) in [6.07, 6.45) is 1.55. The topological polar surface area (TPSA) is 76.5 Å². The summed E-state index contributed by atoms with van der Waals surface area (Å²) in [5, 5.41) is 3.15. The lowest BCUT2D eigenvalue weighted by molar-refractivity contribution is 0.102. The quantitative estimate of drug-likeness (QED) is 0.768. The fraction of sp³-hybridized carbons (Fsp3) is 0.133. The Morgan fingerprint density at radius 3 is 2.68 bits per heavy atom. The largest absolute Gasteiger partial charge is 0.495 e. The van der Waals surface area contributed by atoms with Crippen LogP contribution in [0.2, 0.25) is 5.02 Å². The molecule has 114 valence electrons. The number of carbonyl (C=O) groups is 1. The summed E-state index contributed by atoms with van der Waals surface area (Å²) in [6, 6.07) is 6.56. The number of hydrogen-bond donors (Lipinski definition) is 2. The lowest BCUT2D eigenvalue weighted by Gasteiger charge is -2.12. The van der Waals surface area contributed by atoms with Gasteiger partial charge in [-0.1, -0.05) is 11.6 Å². The number of carbonyl (C=O) groups excluding carboxylic acids is 1. The maximum atomic E-state index is 12.3. The number of methoxy groups -OCH3 is 2. The van der Waals surface area contributed by atoms with E-state index >= 15 is 0 Å². The van der Waals surface area contributed by atoms with Gasteiger partial charge in [-0.25, -0.2) is 0 Å². The number of furan rings is 1. The molecule has 0 saturated carbocycles. The second-order valence-corrected chi connectivity index (χ2v) is 4.93. The van der Waals surface area contributed by atoms with Crippen molar-refractivity contribution >= 4 is 34.3 Å². The zero-order valence-electron chi connectivity index (χ0n) is 11.9. The van der Waals surface area contributed by atoms with Gasteiger partial charge in [0.2, 0.25) is 0 Å². The van der Waals surface area contributed by atoms with Gasteiger partial charge in [0.1, 0.15) is 17.2 Å². The van der Waals surface area contributed by atoms with Gasteiger partial charge in [-0.3, -0.25) is 4.79 Å². The number of ether oxygens (including phenoxy) is 2. The lowest BCUT2D eigenvalue weighted by atomic mass is 10.2. The fourth-order valence-corrected chi connectivity index (χ4v) is 2.35. The molecule has 0 radical (unpaired) electrons. The van der Waals surface area contributed by atoms with Gasteiger partial charge in [0.25, 0.3) is 5.91 Å². The number of fused-ring (bicyclic) bond motifs is 1. The van der Waals surface area contributed by atoms with Crippen LogP contribution in [0, 0.1) is 0 Å². The number of hydrogen-bond acceptors (Lipinski definition) is 4. The highest BCUT2D eigenvalue weighted by Gasteiger charge is 2.16. The molecule has 2 aromatic heterocycles. The Morgan fingerprint density at radius 1 is 1.23 bits per heavy atom. The summed E-state index contributed by atoms with van der Waals surface area (Å²) in [7, 11) is 2.99. The van der Waals surface area contributed by atoms with E-state index in [1.54, 1.807) is 30.5 Å². The Kier molecular flexibility index (Phi) is 3.68. The molecule has 3 rings (SSSR count). The minimum atomic E-state index is -0.325. The molecule has 0 aliphatic rings. The Bertz CT molecular complexity index is 809. The van der Waals surface area contributed by atoms with Gasteiger partial charge in [-0.2, -0.15) is 0 Å². The van der Waals surface area contributed by atoms with Crippen molar-refractivity contribution < 1.29 is 18.7 Å². The van der Waals surface area contributed by atoms with Crippen LogP contribution in [0.5, 0.6) is 11.5 Å². The fourth-order valence-electron chi connectivity index (χ4n) is 2.12. The van der Waals surface area contributed by atoms with Crippen molar-refractivity contribution in [3.63, 3.8) is 0 Å². The van der Waals surface area contributed by atoms with E-state index in [9.17, 15) is 4.79 Å². The van der Waals surface area contributed by atoms with Crippen molar-refractivity contribution in [1.82, 2.24) is 4.98 Å². The van der Waals surface area contributed by atoms with E-state index < -0.39 is 0 Å². The Hall–Kier alpha value is -2.60. The van der Waals surface area contributed by atoms with Crippen molar-refractivity contribution in [3.8, 4) is 11.5 Å². The lowest BCUT2D eigenvalue weighted by Crippen LogP contribution is -2.13. The van der Waals surface area contributed by atoms with Crippen molar-refractivity contribution in [1.29, 1.82) is 0 Å². The first-order chi connectivity index (χ1) is 10.6. The predicted molar refractivity (Wildman–Crippen MR) is 83.1 cm³/mol. The zero-order chi connectivity index (χ0) is 15.7. The third-order valence-corrected chi connectivity index (χ3v) is 3.50. The molecule has 0 saturated heterocycles. The molecule has 1 amide bonds. The van der Waals surface area contributed by atoms with Crippen molar-refractivity contribution in [2.24, 2.45) is 0 Å². The van der Waals surface area contributed by atoms with Crippen molar-refractivity contribution in [2.75, 3.05) is 19.5 Å². The SMILES string of the molecule is COc1cc(NC(=O)c2cc3occc3[nH]2)c(OC)cc1Cl. The first-order valence-corrected chi connectivity index (χ1v) is 6.79. The highest BCUT2D eigenvalue weighted by Crippen LogP contribution is 2.36. The monoisotopic (exact) mass is 320 g/mol. The molecule has 2 heterocycles. The number of rotatable bonds is 4. The molecule has 3 aromatic rings. The van der Waals surface area contributed by atoms with E-state index in [1.165, 1.54) is 14.2 Å². The highest BCUT2D eigenvalue weighted by molar-refractivity contribution is 6.32. The number of aromatic amines is 1. The zero-order valence-corrected chi connectivity index (χ0v) is 12.7. The number of H-pyrrole nitrogens is 1. The number of benzene rings is 1. The van der Waals surface area contributed by atoms with Crippen molar-refractivity contribution in [3.05, 3.63) is 41.2 Å². The molecule has 22 heavy (non-hydrogen) atoms. The van der Waals surface area contributed by atoms with Crippen LogP contribution in [-0.4, -0.2) is 25.1 Å². The summed E-state index contributed by atoms with van der Waals surface area (Å²) >= 11 is 6.04. The van der Waals surface area contributed by atoms with Gasteiger partial charge in [-0.15, -0.1) is 0 Å².